The molecule has 0 spiro atoms. The number of nitrogens with zero attached hydrogens (tertiary/aromatic N) is 3. The molecular weight excluding hydrogens is 266 g/mol. The van der Waals surface area contributed by atoms with E-state index in [1.165, 1.54) is 4.90 Å². The average molecular weight is 283 g/mol. The van der Waals surface area contributed by atoms with Gasteiger partial charge >= 0.3 is 5.97 Å². The summed E-state index contributed by atoms with van der Waals surface area (Å²) in [5, 5.41) is 13.4. The normalized spacial score (nSPS) is 22.7. The lowest BCUT2D eigenvalue weighted by atomic mass is 9.93. The Morgan fingerprint density at radius 2 is 2.21 bits per heavy atom. The van der Waals surface area contributed by atoms with Crippen LogP contribution < -0.4 is 0 Å². The van der Waals surface area contributed by atoms with Crippen LogP contribution in [0.2, 0.25) is 0 Å². The smallest absolute Gasteiger partial charge is 0.329 e. The van der Waals surface area contributed by atoms with Crippen LogP contribution in [0.5, 0.6) is 0 Å². The number of likely N-dealkylation sites (tertiary alicyclic amines) is 1. The van der Waals surface area contributed by atoms with Gasteiger partial charge in [0.1, 0.15) is 10.4 Å². The fourth-order valence-electron chi connectivity index (χ4n) is 2.64. The van der Waals surface area contributed by atoms with Gasteiger partial charge in [0, 0.05) is 6.54 Å². The van der Waals surface area contributed by atoms with E-state index < -0.39 is 11.5 Å². The Morgan fingerprint density at radius 1 is 1.47 bits per heavy atom. The predicted molar refractivity (Wildman–Crippen MR) is 70.2 cm³/mol. The highest BCUT2D eigenvalue weighted by Crippen LogP contribution is 2.34. The van der Waals surface area contributed by atoms with Crippen molar-refractivity contribution >= 4 is 23.4 Å². The molecule has 1 fully saturated rings. The second-order valence-corrected chi connectivity index (χ2v) is 5.41. The molecule has 19 heavy (non-hydrogen) atoms. The van der Waals surface area contributed by atoms with Crippen LogP contribution in [0.15, 0.2) is 0 Å². The van der Waals surface area contributed by atoms with Gasteiger partial charge in [-0.15, -0.1) is 5.10 Å². The van der Waals surface area contributed by atoms with E-state index in [9.17, 15) is 14.7 Å². The summed E-state index contributed by atoms with van der Waals surface area (Å²) in [7, 11) is 0. The van der Waals surface area contributed by atoms with Gasteiger partial charge < -0.3 is 10.0 Å². The quantitative estimate of drug-likeness (QED) is 0.906. The number of rotatable bonds is 4. The van der Waals surface area contributed by atoms with E-state index >= 15 is 0 Å². The Morgan fingerprint density at radius 3 is 2.79 bits per heavy atom. The van der Waals surface area contributed by atoms with Gasteiger partial charge in [0.2, 0.25) is 0 Å². The van der Waals surface area contributed by atoms with Crippen molar-refractivity contribution in [3.8, 4) is 0 Å². The molecule has 2 rings (SSSR count). The number of amides is 1. The van der Waals surface area contributed by atoms with Gasteiger partial charge in [-0.25, -0.2) is 4.79 Å². The van der Waals surface area contributed by atoms with Gasteiger partial charge in [0.15, 0.2) is 0 Å². The van der Waals surface area contributed by atoms with E-state index in [-0.39, 0.29) is 5.91 Å². The first-order chi connectivity index (χ1) is 9.06. The molecular formula is C12H17N3O3S. The first-order valence-electron chi connectivity index (χ1n) is 6.43. The summed E-state index contributed by atoms with van der Waals surface area (Å²) in [6.45, 7) is 4.20. The largest absolute Gasteiger partial charge is 0.479 e. The number of aryl methyl sites for hydroxylation is 1. The summed E-state index contributed by atoms with van der Waals surface area (Å²) in [6.07, 6.45) is 2.28. The highest BCUT2D eigenvalue weighted by atomic mass is 32.1. The third-order valence-electron chi connectivity index (χ3n) is 3.80. The van der Waals surface area contributed by atoms with Crippen molar-refractivity contribution < 1.29 is 14.7 Å². The second kappa shape index (κ2) is 5.24. The molecule has 104 valence electrons. The molecule has 1 amide bonds. The summed E-state index contributed by atoms with van der Waals surface area (Å²) < 4.78 is 3.80. The molecule has 2 heterocycles. The van der Waals surface area contributed by atoms with Crippen LogP contribution in [0.3, 0.4) is 0 Å². The van der Waals surface area contributed by atoms with Crippen molar-refractivity contribution in [1.29, 1.82) is 0 Å². The van der Waals surface area contributed by atoms with E-state index in [2.05, 4.69) is 9.59 Å². The van der Waals surface area contributed by atoms with Crippen LogP contribution in [0, 0.1) is 0 Å². The monoisotopic (exact) mass is 283 g/mol. The number of carboxylic acids is 1. The van der Waals surface area contributed by atoms with Gasteiger partial charge in [0.25, 0.3) is 5.91 Å². The third-order valence-corrected chi connectivity index (χ3v) is 4.56. The van der Waals surface area contributed by atoms with Crippen molar-refractivity contribution in [3.63, 3.8) is 0 Å². The minimum absolute atomic E-state index is 0.242. The first-order valence-corrected chi connectivity index (χ1v) is 7.20. The highest BCUT2D eigenvalue weighted by molar-refractivity contribution is 7.08. The fourth-order valence-corrected chi connectivity index (χ4v) is 3.34. The third kappa shape index (κ3) is 2.11. The van der Waals surface area contributed by atoms with Gasteiger partial charge in [-0.3, -0.25) is 4.79 Å². The van der Waals surface area contributed by atoms with E-state index in [1.807, 2.05) is 13.8 Å². The SMILES string of the molecule is CCc1nnsc1C(=O)N1CCCC1(CC)C(=O)O. The standard InChI is InChI=1S/C12H17N3O3S/c1-3-8-9(19-14-13-8)10(16)15-7-5-6-12(15,4-2)11(17)18/h3-7H2,1-2H3,(H,17,18). The number of carbonyl (C=O) groups excluding carboxylic acids is 1. The van der Waals surface area contributed by atoms with Gasteiger partial charge in [0.05, 0.1) is 5.69 Å². The molecule has 0 aliphatic carbocycles. The Bertz CT molecular complexity index is 502. The zero-order valence-corrected chi connectivity index (χ0v) is 11.9. The lowest BCUT2D eigenvalue weighted by Crippen LogP contribution is -2.52. The molecule has 1 aliphatic rings. The Hall–Kier alpha value is -1.50. The number of aromatic nitrogens is 2. The summed E-state index contributed by atoms with van der Waals surface area (Å²) in [5.41, 5.74) is -0.413. The minimum Gasteiger partial charge on any atom is -0.479 e. The molecule has 1 unspecified atom stereocenters. The number of hydrogen-bond donors (Lipinski definition) is 1. The maximum atomic E-state index is 12.6. The molecule has 6 nitrogen and oxygen atoms in total. The molecule has 1 aromatic heterocycles. The van der Waals surface area contributed by atoms with Crippen molar-refractivity contribution in [2.45, 2.75) is 45.1 Å². The van der Waals surface area contributed by atoms with Gasteiger partial charge in [-0.05, 0) is 37.2 Å². The van der Waals surface area contributed by atoms with Crippen molar-refractivity contribution in [2.24, 2.45) is 0 Å². The first kappa shape index (κ1) is 13.9. The molecule has 7 heteroatoms. The molecule has 1 saturated heterocycles. The lowest BCUT2D eigenvalue weighted by molar-refractivity contribution is -0.148. The summed E-state index contributed by atoms with van der Waals surface area (Å²) >= 11 is 1.05. The molecule has 0 radical (unpaired) electrons. The average Bonchev–Trinajstić information content (AvgIpc) is 3.04. The van der Waals surface area contributed by atoms with Crippen molar-refractivity contribution in [2.75, 3.05) is 6.54 Å². The van der Waals surface area contributed by atoms with Crippen LogP contribution >= 0.6 is 11.5 Å². The van der Waals surface area contributed by atoms with Crippen LogP contribution in [-0.2, 0) is 11.2 Å². The second-order valence-electron chi connectivity index (χ2n) is 4.65. The summed E-state index contributed by atoms with van der Waals surface area (Å²) in [6, 6.07) is 0. The van der Waals surface area contributed by atoms with Crippen LogP contribution in [0.25, 0.3) is 0 Å². The molecule has 1 atom stereocenters. The molecule has 0 aromatic carbocycles. The van der Waals surface area contributed by atoms with E-state index in [0.717, 1.165) is 18.0 Å². The number of aliphatic carboxylic acids is 1. The van der Waals surface area contributed by atoms with Gasteiger partial charge in [-0.1, -0.05) is 18.3 Å². The zero-order chi connectivity index (χ0) is 14.0. The van der Waals surface area contributed by atoms with E-state index in [0.29, 0.717) is 36.4 Å². The molecule has 1 aliphatic heterocycles. The predicted octanol–water partition coefficient (Wildman–Crippen LogP) is 1.57. The Balaban J connectivity index is 2.35. The minimum atomic E-state index is -1.06. The van der Waals surface area contributed by atoms with Crippen molar-refractivity contribution in [1.82, 2.24) is 14.5 Å². The zero-order valence-electron chi connectivity index (χ0n) is 11.0. The lowest BCUT2D eigenvalue weighted by Gasteiger charge is -2.33. The Labute approximate surface area is 115 Å². The van der Waals surface area contributed by atoms with Crippen LogP contribution in [0.1, 0.15) is 48.5 Å². The topological polar surface area (TPSA) is 83.4 Å². The van der Waals surface area contributed by atoms with E-state index in [4.69, 9.17) is 0 Å². The van der Waals surface area contributed by atoms with Crippen LogP contribution in [-0.4, -0.2) is 43.6 Å². The molecule has 0 bridgehead atoms. The summed E-state index contributed by atoms with van der Waals surface area (Å²) in [4.78, 5) is 26.1. The maximum Gasteiger partial charge on any atom is 0.329 e. The molecule has 0 saturated carbocycles. The highest BCUT2D eigenvalue weighted by Gasteiger charge is 2.49. The summed E-state index contributed by atoms with van der Waals surface area (Å²) in [5.74, 6) is -1.16. The van der Waals surface area contributed by atoms with Gasteiger partial charge in [-0.2, -0.15) is 0 Å². The number of carboxylic acid groups (broad SMARTS) is 1. The number of hydrogen-bond acceptors (Lipinski definition) is 5. The Kier molecular flexibility index (Phi) is 3.84. The molecule has 1 N–H and O–H groups in total. The van der Waals surface area contributed by atoms with Crippen molar-refractivity contribution in [3.05, 3.63) is 10.6 Å². The maximum absolute atomic E-state index is 12.6. The van der Waals surface area contributed by atoms with Crippen LogP contribution in [0.4, 0.5) is 0 Å². The fraction of sp³-hybridized carbons (Fsp3) is 0.667. The molecule has 1 aromatic rings. The number of carbonyl (C=O) groups is 2. The van der Waals surface area contributed by atoms with E-state index in [1.54, 1.807) is 0 Å².